The lowest BCUT2D eigenvalue weighted by Crippen LogP contribution is -2.44. The van der Waals surface area contributed by atoms with Crippen molar-refractivity contribution >= 4 is 11.9 Å². The summed E-state index contributed by atoms with van der Waals surface area (Å²) in [6, 6.07) is 14.5. The summed E-state index contributed by atoms with van der Waals surface area (Å²) in [5.41, 5.74) is 1.73. The van der Waals surface area contributed by atoms with Gasteiger partial charge in [-0.2, -0.15) is 0 Å². The first kappa shape index (κ1) is 16.4. The molecule has 1 amide bonds. The fraction of sp³-hybridized carbons (Fsp3) is 0.300. The standard InChI is InChI=1S/C20H19NO5/c22-18-9-7-15(20(23)24)19(21(18)11-13-4-2-1-3-5-13)14-6-8-16-17(10-14)26-12-25-16/h1-6,8,10,15,19H,7,9,11-12H2,(H,23,24)/t15-,19+/m1/s1. The second-order valence-electron chi connectivity index (χ2n) is 6.55. The molecular formula is C20H19NO5. The number of carbonyl (C=O) groups excluding carboxylic acids is 1. The van der Waals surface area contributed by atoms with Crippen LogP contribution in [0.15, 0.2) is 48.5 Å². The van der Waals surface area contributed by atoms with Gasteiger partial charge in [0, 0.05) is 13.0 Å². The predicted molar refractivity (Wildman–Crippen MR) is 92.7 cm³/mol. The van der Waals surface area contributed by atoms with Crippen molar-refractivity contribution in [1.29, 1.82) is 0 Å². The fourth-order valence-corrected chi connectivity index (χ4v) is 3.69. The van der Waals surface area contributed by atoms with Gasteiger partial charge in [-0.3, -0.25) is 9.59 Å². The number of aliphatic carboxylic acids is 1. The summed E-state index contributed by atoms with van der Waals surface area (Å²) < 4.78 is 10.8. The number of likely N-dealkylation sites (tertiary alicyclic amines) is 1. The highest BCUT2D eigenvalue weighted by Crippen LogP contribution is 2.42. The van der Waals surface area contributed by atoms with E-state index in [9.17, 15) is 14.7 Å². The highest BCUT2D eigenvalue weighted by Gasteiger charge is 2.41. The van der Waals surface area contributed by atoms with Crippen LogP contribution in [0.1, 0.15) is 30.0 Å². The highest BCUT2D eigenvalue weighted by molar-refractivity contribution is 5.82. The van der Waals surface area contributed by atoms with Crippen molar-refractivity contribution in [2.75, 3.05) is 6.79 Å². The van der Waals surface area contributed by atoms with Crippen molar-refractivity contribution in [1.82, 2.24) is 4.90 Å². The van der Waals surface area contributed by atoms with E-state index in [4.69, 9.17) is 9.47 Å². The van der Waals surface area contributed by atoms with E-state index in [1.807, 2.05) is 36.4 Å². The van der Waals surface area contributed by atoms with Crippen LogP contribution in [0.3, 0.4) is 0 Å². The van der Waals surface area contributed by atoms with E-state index >= 15 is 0 Å². The Kier molecular flexibility index (Phi) is 4.24. The third kappa shape index (κ3) is 2.98. The Hall–Kier alpha value is -3.02. The summed E-state index contributed by atoms with van der Waals surface area (Å²) in [6.07, 6.45) is 0.573. The molecule has 0 spiro atoms. The van der Waals surface area contributed by atoms with E-state index < -0.39 is 17.9 Å². The van der Waals surface area contributed by atoms with E-state index in [1.54, 1.807) is 17.0 Å². The molecule has 26 heavy (non-hydrogen) atoms. The number of fused-ring (bicyclic) bond motifs is 1. The number of hydrogen-bond acceptors (Lipinski definition) is 4. The Bertz CT molecular complexity index is 835. The molecule has 1 saturated heterocycles. The van der Waals surface area contributed by atoms with Gasteiger partial charge in [-0.1, -0.05) is 36.4 Å². The van der Waals surface area contributed by atoms with Crippen molar-refractivity contribution in [3.05, 3.63) is 59.7 Å². The second-order valence-corrected chi connectivity index (χ2v) is 6.55. The van der Waals surface area contributed by atoms with E-state index in [0.29, 0.717) is 24.5 Å². The number of carboxylic acids is 1. The average Bonchev–Trinajstić information content (AvgIpc) is 3.11. The molecule has 2 aliphatic rings. The minimum Gasteiger partial charge on any atom is -0.481 e. The van der Waals surface area contributed by atoms with Crippen LogP contribution < -0.4 is 9.47 Å². The maximum absolute atomic E-state index is 12.7. The third-order valence-corrected chi connectivity index (χ3v) is 4.96. The van der Waals surface area contributed by atoms with Gasteiger partial charge in [-0.25, -0.2) is 0 Å². The molecule has 4 rings (SSSR count). The molecule has 1 fully saturated rings. The minimum atomic E-state index is -0.891. The number of ether oxygens (including phenoxy) is 2. The molecule has 2 aromatic rings. The summed E-state index contributed by atoms with van der Waals surface area (Å²) in [4.78, 5) is 26.2. The number of nitrogens with zero attached hydrogens (tertiary/aromatic N) is 1. The van der Waals surface area contributed by atoms with Gasteiger partial charge in [0.2, 0.25) is 12.7 Å². The van der Waals surface area contributed by atoms with E-state index in [1.165, 1.54) is 0 Å². The largest absolute Gasteiger partial charge is 0.481 e. The molecule has 134 valence electrons. The first-order valence-corrected chi connectivity index (χ1v) is 8.59. The topological polar surface area (TPSA) is 76.1 Å². The number of benzene rings is 2. The van der Waals surface area contributed by atoms with Crippen molar-refractivity contribution in [2.24, 2.45) is 5.92 Å². The molecule has 0 radical (unpaired) electrons. The zero-order valence-corrected chi connectivity index (χ0v) is 14.1. The minimum absolute atomic E-state index is 0.0333. The van der Waals surface area contributed by atoms with Crippen LogP contribution in [0.25, 0.3) is 0 Å². The van der Waals surface area contributed by atoms with Crippen molar-refractivity contribution in [3.8, 4) is 11.5 Å². The quantitative estimate of drug-likeness (QED) is 0.914. The van der Waals surface area contributed by atoms with Gasteiger partial charge in [0.15, 0.2) is 11.5 Å². The Morgan fingerprint density at radius 1 is 1.12 bits per heavy atom. The van der Waals surface area contributed by atoms with Crippen LogP contribution in [0, 0.1) is 5.92 Å². The Labute approximate surface area is 151 Å². The number of rotatable bonds is 4. The van der Waals surface area contributed by atoms with Gasteiger partial charge >= 0.3 is 5.97 Å². The maximum atomic E-state index is 12.7. The molecule has 2 aliphatic heterocycles. The molecule has 6 heteroatoms. The lowest BCUT2D eigenvalue weighted by atomic mass is 9.84. The zero-order chi connectivity index (χ0) is 18.1. The highest BCUT2D eigenvalue weighted by atomic mass is 16.7. The van der Waals surface area contributed by atoms with Gasteiger partial charge in [0.25, 0.3) is 0 Å². The average molecular weight is 353 g/mol. The summed E-state index contributed by atoms with van der Waals surface area (Å²) >= 11 is 0. The number of carbonyl (C=O) groups is 2. The molecular weight excluding hydrogens is 334 g/mol. The predicted octanol–water partition coefficient (Wildman–Crippen LogP) is 2.98. The van der Waals surface area contributed by atoms with Gasteiger partial charge in [-0.15, -0.1) is 0 Å². The molecule has 0 saturated carbocycles. The zero-order valence-electron chi connectivity index (χ0n) is 14.1. The number of piperidine rings is 1. The Balaban J connectivity index is 1.73. The van der Waals surface area contributed by atoms with Crippen molar-refractivity contribution in [3.63, 3.8) is 0 Å². The van der Waals surface area contributed by atoms with Crippen LogP contribution in [0.4, 0.5) is 0 Å². The van der Waals surface area contributed by atoms with Gasteiger partial charge in [-0.05, 0) is 29.7 Å². The van der Waals surface area contributed by atoms with Crippen LogP contribution in [-0.4, -0.2) is 28.7 Å². The summed E-state index contributed by atoms with van der Waals surface area (Å²) in [5.74, 6) is -0.356. The summed E-state index contributed by atoms with van der Waals surface area (Å²) in [5, 5.41) is 9.74. The molecule has 1 N–H and O–H groups in total. The second kappa shape index (κ2) is 6.71. The SMILES string of the molecule is O=C(O)[C@@H]1CCC(=O)N(Cc2ccccc2)[C@H]1c1ccc2c(c1)OCO2. The molecule has 0 aliphatic carbocycles. The van der Waals surface area contributed by atoms with Crippen LogP contribution in [0.2, 0.25) is 0 Å². The van der Waals surface area contributed by atoms with Crippen LogP contribution in [-0.2, 0) is 16.1 Å². The third-order valence-electron chi connectivity index (χ3n) is 4.96. The van der Waals surface area contributed by atoms with Crippen LogP contribution >= 0.6 is 0 Å². The van der Waals surface area contributed by atoms with Crippen molar-refractivity contribution in [2.45, 2.75) is 25.4 Å². The number of carboxylic acid groups (broad SMARTS) is 1. The normalized spacial score (nSPS) is 21.7. The Morgan fingerprint density at radius 3 is 2.65 bits per heavy atom. The molecule has 2 atom stereocenters. The monoisotopic (exact) mass is 353 g/mol. The molecule has 0 unspecified atom stereocenters. The van der Waals surface area contributed by atoms with E-state index in [-0.39, 0.29) is 19.1 Å². The maximum Gasteiger partial charge on any atom is 0.308 e. The summed E-state index contributed by atoms with van der Waals surface area (Å²) in [7, 11) is 0. The smallest absolute Gasteiger partial charge is 0.308 e. The van der Waals surface area contributed by atoms with Crippen LogP contribution in [0.5, 0.6) is 11.5 Å². The van der Waals surface area contributed by atoms with Gasteiger partial charge in [0.05, 0.1) is 12.0 Å². The van der Waals surface area contributed by atoms with E-state index in [2.05, 4.69) is 0 Å². The summed E-state index contributed by atoms with van der Waals surface area (Å²) in [6.45, 7) is 0.529. The molecule has 2 heterocycles. The first-order chi connectivity index (χ1) is 12.6. The number of hydrogen-bond donors (Lipinski definition) is 1. The molecule has 6 nitrogen and oxygen atoms in total. The first-order valence-electron chi connectivity index (χ1n) is 8.59. The Morgan fingerprint density at radius 2 is 1.88 bits per heavy atom. The lowest BCUT2D eigenvalue weighted by molar-refractivity contribution is -0.152. The number of amides is 1. The van der Waals surface area contributed by atoms with Gasteiger partial charge in [0.1, 0.15) is 0 Å². The molecule has 2 aromatic carbocycles. The van der Waals surface area contributed by atoms with E-state index in [0.717, 1.165) is 11.1 Å². The molecule has 0 aromatic heterocycles. The molecule has 0 bridgehead atoms. The van der Waals surface area contributed by atoms with Crippen molar-refractivity contribution < 1.29 is 24.2 Å². The van der Waals surface area contributed by atoms with Gasteiger partial charge < -0.3 is 19.5 Å². The fourth-order valence-electron chi connectivity index (χ4n) is 3.69. The lowest BCUT2D eigenvalue weighted by Gasteiger charge is -2.40.